The van der Waals surface area contributed by atoms with Crippen LogP contribution < -0.4 is 10.1 Å². The number of carbonyl (C=O) groups is 2. The Bertz CT molecular complexity index is 937. The molecule has 1 N–H and O–H groups in total. The summed E-state index contributed by atoms with van der Waals surface area (Å²) in [7, 11) is 0.220. The van der Waals surface area contributed by atoms with Crippen molar-refractivity contribution in [1.82, 2.24) is 9.62 Å². The van der Waals surface area contributed by atoms with E-state index in [-0.39, 0.29) is 22.3 Å². The molecule has 10 heteroatoms. The van der Waals surface area contributed by atoms with E-state index in [4.69, 9.17) is 13.9 Å². The summed E-state index contributed by atoms with van der Waals surface area (Å²) in [6, 6.07) is 6.88. The van der Waals surface area contributed by atoms with Gasteiger partial charge in [0.2, 0.25) is 10.0 Å². The molecule has 0 spiro atoms. The maximum Gasteiger partial charge on any atom is 0.338 e. The highest BCUT2D eigenvalue weighted by Crippen LogP contribution is 2.27. The van der Waals surface area contributed by atoms with E-state index in [1.165, 1.54) is 39.6 Å². The molecule has 0 aliphatic heterocycles. The summed E-state index contributed by atoms with van der Waals surface area (Å²) in [5.41, 5.74) is -0.0203. The van der Waals surface area contributed by atoms with Gasteiger partial charge >= 0.3 is 5.97 Å². The largest absolute Gasteiger partial charge is 0.495 e. The smallest absolute Gasteiger partial charge is 0.338 e. The second-order valence-electron chi connectivity index (χ2n) is 6.03. The van der Waals surface area contributed by atoms with Gasteiger partial charge in [0.15, 0.2) is 6.61 Å². The van der Waals surface area contributed by atoms with Crippen LogP contribution in [0.5, 0.6) is 5.75 Å². The van der Waals surface area contributed by atoms with E-state index in [0.717, 1.165) is 10.4 Å². The van der Waals surface area contributed by atoms with Gasteiger partial charge in [-0.2, -0.15) is 0 Å². The fourth-order valence-corrected chi connectivity index (χ4v) is 3.38. The van der Waals surface area contributed by atoms with Gasteiger partial charge in [-0.3, -0.25) is 4.79 Å². The Morgan fingerprint density at radius 3 is 2.54 bits per heavy atom. The molecule has 0 unspecified atom stereocenters. The maximum atomic E-state index is 12.4. The first-order valence-corrected chi connectivity index (χ1v) is 9.71. The molecule has 2 aromatic rings. The van der Waals surface area contributed by atoms with Crippen LogP contribution in [0.15, 0.2) is 45.9 Å². The quantitative estimate of drug-likeness (QED) is 0.657. The molecule has 0 radical (unpaired) electrons. The number of rotatable bonds is 8. The normalized spacial score (nSPS) is 12.5. The average Bonchev–Trinajstić information content (AvgIpc) is 3.20. The molecule has 0 aliphatic rings. The predicted molar refractivity (Wildman–Crippen MR) is 99.4 cm³/mol. The summed E-state index contributed by atoms with van der Waals surface area (Å²) in [4.78, 5) is 24.0. The van der Waals surface area contributed by atoms with E-state index in [1.807, 2.05) is 0 Å². The van der Waals surface area contributed by atoms with Crippen LogP contribution in [0.2, 0.25) is 0 Å². The van der Waals surface area contributed by atoms with Crippen molar-refractivity contribution >= 4 is 21.9 Å². The summed E-state index contributed by atoms with van der Waals surface area (Å²) in [5.74, 6) is -0.700. The molecule has 1 aromatic heterocycles. The molecule has 0 saturated heterocycles. The molecule has 0 fully saturated rings. The Hall–Kier alpha value is -2.85. The van der Waals surface area contributed by atoms with Crippen LogP contribution in [0.25, 0.3) is 0 Å². The zero-order chi connectivity index (χ0) is 20.9. The Morgan fingerprint density at radius 2 is 1.96 bits per heavy atom. The molecule has 2 rings (SSSR count). The number of hydrogen-bond acceptors (Lipinski definition) is 7. The first kappa shape index (κ1) is 21.5. The van der Waals surface area contributed by atoms with E-state index < -0.39 is 28.5 Å². The molecule has 152 valence electrons. The fraction of sp³-hybridized carbons (Fsp3) is 0.333. The second kappa shape index (κ2) is 8.89. The van der Waals surface area contributed by atoms with Crippen molar-refractivity contribution in [3.8, 4) is 5.75 Å². The first-order chi connectivity index (χ1) is 13.2. The van der Waals surface area contributed by atoms with Crippen LogP contribution in [-0.4, -0.2) is 52.4 Å². The Morgan fingerprint density at radius 1 is 1.25 bits per heavy atom. The van der Waals surface area contributed by atoms with Crippen molar-refractivity contribution in [1.29, 1.82) is 0 Å². The Kier molecular flexibility index (Phi) is 6.81. The van der Waals surface area contributed by atoms with Gasteiger partial charge in [-0.15, -0.1) is 0 Å². The number of esters is 1. The van der Waals surface area contributed by atoms with Gasteiger partial charge in [0.1, 0.15) is 16.4 Å². The van der Waals surface area contributed by atoms with Gasteiger partial charge in [0.05, 0.1) is 25.0 Å². The van der Waals surface area contributed by atoms with E-state index >= 15 is 0 Å². The first-order valence-electron chi connectivity index (χ1n) is 8.27. The number of ether oxygens (including phenoxy) is 2. The number of hydrogen-bond donors (Lipinski definition) is 1. The van der Waals surface area contributed by atoms with Crippen molar-refractivity contribution in [2.45, 2.75) is 17.9 Å². The minimum Gasteiger partial charge on any atom is -0.495 e. The van der Waals surface area contributed by atoms with Gasteiger partial charge in [-0.1, -0.05) is 0 Å². The van der Waals surface area contributed by atoms with Gasteiger partial charge in [0.25, 0.3) is 5.91 Å². The molecule has 1 heterocycles. The number of methoxy groups -OCH3 is 1. The molecular formula is C18H22N2O7S. The molecule has 0 aliphatic carbocycles. The Balaban J connectivity index is 2.07. The van der Waals surface area contributed by atoms with E-state index in [9.17, 15) is 18.0 Å². The van der Waals surface area contributed by atoms with Gasteiger partial charge in [-0.25, -0.2) is 17.5 Å². The predicted octanol–water partition coefficient (Wildman–Crippen LogP) is 1.57. The third-order valence-electron chi connectivity index (χ3n) is 3.84. The Labute approximate surface area is 163 Å². The minimum absolute atomic E-state index is 0.0203. The van der Waals surface area contributed by atoms with Crippen LogP contribution in [0.4, 0.5) is 0 Å². The van der Waals surface area contributed by atoms with Crippen molar-refractivity contribution < 1.29 is 31.9 Å². The highest BCUT2D eigenvalue weighted by atomic mass is 32.2. The van der Waals surface area contributed by atoms with Gasteiger partial charge in [0, 0.05) is 14.1 Å². The third kappa shape index (κ3) is 4.90. The zero-order valence-electron chi connectivity index (χ0n) is 16.0. The van der Waals surface area contributed by atoms with Crippen LogP contribution in [-0.2, 0) is 19.6 Å². The summed E-state index contributed by atoms with van der Waals surface area (Å²) in [6.07, 6.45) is 1.49. The number of nitrogens with zero attached hydrogens (tertiary/aromatic N) is 1. The van der Waals surface area contributed by atoms with Crippen molar-refractivity contribution in [2.24, 2.45) is 0 Å². The molecule has 1 amide bonds. The lowest BCUT2D eigenvalue weighted by Crippen LogP contribution is -2.31. The molecule has 0 saturated carbocycles. The zero-order valence-corrected chi connectivity index (χ0v) is 16.8. The topological polar surface area (TPSA) is 115 Å². The van der Waals surface area contributed by atoms with Crippen molar-refractivity contribution in [3.63, 3.8) is 0 Å². The summed E-state index contributed by atoms with van der Waals surface area (Å²) < 4.78 is 41.0. The number of sulfonamides is 1. The lowest BCUT2D eigenvalue weighted by Gasteiger charge is -2.15. The summed E-state index contributed by atoms with van der Waals surface area (Å²) >= 11 is 0. The molecular weight excluding hydrogens is 388 g/mol. The van der Waals surface area contributed by atoms with Crippen LogP contribution in [0, 0.1) is 0 Å². The van der Waals surface area contributed by atoms with Crippen LogP contribution in [0.3, 0.4) is 0 Å². The highest BCUT2D eigenvalue weighted by Gasteiger charge is 2.24. The molecule has 0 bridgehead atoms. The van der Waals surface area contributed by atoms with Crippen molar-refractivity contribution in [2.75, 3.05) is 27.8 Å². The molecule has 28 heavy (non-hydrogen) atoms. The maximum absolute atomic E-state index is 12.4. The van der Waals surface area contributed by atoms with Gasteiger partial charge < -0.3 is 19.2 Å². The summed E-state index contributed by atoms with van der Waals surface area (Å²) in [5, 5.41) is 2.63. The molecule has 1 aromatic carbocycles. The number of amides is 1. The van der Waals surface area contributed by atoms with Gasteiger partial charge in [-0.05, 0) is 37.3 Å². The summed E-state index contributed by atoms with van der Waals surface area (Å²) in [6.45, 7) is 1.20. The standard InChI is InChI=1S/C18H22N2O7S/c1-12(14-6-5-9-26-14)19-17(21)11-27-18(22)13-7-8-15(25-4)16(10-13)28(23,24)20(2)3/h5-10,12H,11H2,1-4H3,(H,19,21)/t12-/m1/s1. The fourth-order valence-electron chi connectivity index (χ4n) is 2.31. The molecule has 1 atom stereocenters. The lowest BCUT2D eigenvalue weighted by molar-refractivity contribution is -0.125. The van der Waals surface area contributed by atoms with Crippen molar-refractivity contribution in [3.05, 3.63) is 47.9 Å². The van der Waals surface area contributed by atoms with Crippen LogP contribution >= 0.6 is 0 Å². The molecule has 9 nitrogen and oxygen atoms in total. The second-order valence-corrected chi connectivity index (χ2v) is 8.15. The number of nitrogens with one attached hydrogen (secondary N) is 1. The lowest BCUT2D eigenvalue weighted by atomic mass is 10.2. The number of carbonyl (C=O) groups excluding carboxylic acids is 2. The average molecular weight is 410 g/mol. The van der Waals surface area contributed by atoms with Crippen LogP contribution in [0.1, 0.15) is 29.1 Å². The highest BCUT2D eigenvalue weighted by molar-refractivity contribution is 7.89. The van der Waals surface area contributed by atoms with E-state index in [0.29, 0.717) is 5.76 Å². The SMILES string of the molecule is COc1ccc(C(=O)OCC(=O)N[C@H](C)c2ccco2)cc1S(=O)(=O)N(C)C. The third-order valence-corrected chi connectivity index (χ3v) is 5.68. The minimum atomic E-state index is -3.84. The van der Waals surface area contributed by atoms with E-state index in [2.05, 4.69) is 5.32 Å². The monoisotopic (exact) mass is 410 g/mol. The number of furan rings is 1. The number of benzene rings is 1. The van der Waals surface area contributed by atoms with E-state index in [1.54, 1.807) is 19.1 Å².